The van der Waals surface area contributed by atoms with Gasteiger partial charge < -0.3 is 0 Å². The lowest BCUT2D eigenvalue weighted by Gasteiger charge is -2.20. The smallest absolute Gasteiger partial charge is 0.0329 e. The van der Waals surface area contributed by atoms with Crippen LogP contribution in [-0.4, -0.2) is 5.25 Å². The molecule has 0 saturated heterocycles. The zero-order valence-electron chi connectivity index (χ0n) is 14.4. The number of thioether (sulfide) groups is 1. The van der Waals surface area contributed by atoms with Crippen molar-refractivity contribution in [3.63, 3.8) is 0 Å². The van der Waals surface area contributed by atoms with E-state index in [0.29, 0.717) is 11.2 Å². The van der Waals surface area contributed by atoms with E-state index < -0.39 is 0 Å². The van der Waals surface area contributed by atoms with Crippen LogP contribution in [0.4, 0.5) is 0 Å². The van der Waals surface area contributed by atoms with Gasteiger partial charge in [-0.05, 0) is 52.2 Å². The lowest BCUT2D eigenvalue weighted by atomic mass is 9.85. The molecule has 0 aromatic heterocycles. The van der Waals surface area contributed by atoms with Gasteiger partial charge in [0.25, 0.3) is 0 Å². The number of allylic oxidation sites excluding steroid dienone is 4. The highest BCUT2D eigenvalue weighted by Crippen LogP contribution is 2.50. The van der Waals surface area contributed by atoms with Crippen LogP contribution >= 0.6 is 11.8 Å². The molecule has 3 rings (SSSR count). The highest BCUT2D eigenvalue weighted by molar-refractivity contribution is 8.04. The van der Waals surface area contributed by atoms with Crippen molar-refractivity contribution in [2.75, 3.05) is 0 Å². The Morgan fingerprint density at radius 1 is 1.09 bits per heavy atom. The first-order chi connectivity index (χ1) is 10.3. The Labute approximate surface area is 139 Å². The Balaban J connectivity index is 2.02. The summed E-state index contributed by atoms with van der Waals surface area (Å²) in [6.45, 7) is 13.6. The second-order valence-electron chi connectivity index (χ2n) is 7.62. The van der Waals surface area contributed by atoms with E-state index in [9.17, 15) is 0 Å². The number of rotatable bonds is 2. The van der Waals surface area contributed by atoms with Gasteiger partial charge in [0.15, 0.2) is 0 Å². The molecule has 2 aliphatic rings. The first-order valence-corrected chi connectivity index (χ1v) is 9.03. The highest BCUT2D eigenvalue weighted by Gasteiger charge is 2.31. The van der Waals surface area contributed by atoms with Gasteiger partial charge in [-0.1, -0.05) is 58.9 Å². The quantitative estimate of drug-likeness (QED) is 0.631. The predicted molar refractivity (Wildman–Crippen MR) is 98.8 cm³/mol. The fourth-order valence-electron chi connectivity index (χ4n) is 3.05. The summed E-state index contributed by atoms with van der Waals surface area (Å²) in [4.78, 5) is 1.34. The zero-order chi connectivity index (χ0) is 16.1. The molecular weight excluding hydrogens is 284 g/mol. The standard InChI is InChI=1S/C21H25S/c1-13(2)16-11-18-19(12-16)22-14(3)20(18)15-7-9-17(10-8-15)21(4,5)6/h7-11,13-14H,1-6H3. The average Bonchev–Trinajstić information content (AvgIpc) is 2.94. The van der Waals surface area contributed by atoms with E-state index in [-0.39, 0.29) is 5.41 Å². The Morgan fingerprint density at radius 3 is 2.27 bits per heavy atom. The van der Waals surface area contributed by atoms with Gasteiger partial charge in [-0.15, -0.1) is 11.8 Å². The molecule has 22 heavy (non-hydrogen) atoms. The number of fused-ring (bicyclic) bond motifs is 1. The van der Waals surface area contributed by atoms with Crippen LogP contribution in [0, 0.1) is 12.0 Å². The zero-order valence-corrected chi connectivity index (χ0v) is 15.3. The molecule has 0 saturated carbocycles. The number of hydrogen-bond acceptors (Lipinski definition) is 1. The summed E-state index contributed by atoms with van der Waals surface area (Å²) in [5.74, 6) is 0.547. The van der Waals surface area contributed by atoms with E-state index in [1.54, 1.807) is 0 Å². The second-order valence-corrected chi connectivity index (χ2v) is 8.97. The molecule has 0 spiro atoms. The van der Waals surface area contributed by atoms with Crippen molar-refractivity contribution in [2.45, 2.75) is 52.2 Å². The monoisotopic (exact) mass is 309 g/mol. The summed E-state index contributed by atoms with van der Waals surface area (Å²) in [6, 6.07) is 9.16. The van der Waals surface area contributed by atoms with Gasteiger partial charge in [0.05, 0.1) is 0 Å². The Morgan fingerprint density at radius 2 is 1.73 bits per heavy atom. The van der Waals surface area contributed by atoms with Gasteiger partial charge in [-0.25, -0.2) is 0 Å². The molecular formula is C21H25S. The van der Waals surface area contributed by atoms with Gasteiger partial charge in [-0.3, -0.25) is 0 Å². The molecule has 1 radical (unpaired) electrons. The van der Waals surface area contributed by atoms with E-state index in [1.807, 2.05) is 11.8 Å². The van der Waals surface area contributed by atoms with Crippen LogP contribution in [-0.2, 0) is 5.41 Å². The second kappa shape index (κ2) is 5.45. The minimum absolute atomic E-state index is 0.212. The molecule has 1 aromatic rings. The summed E-state index contributed by atoms with van der Waals surface area (Å²) in [5.41, 5.74) is 7.19. The Kier molecular flexibility index (Phi) is 3.89. The summed E-state index contributed by atoms with van der Waals surface area (Å²) >= 11 is 1.95. The molecule has 0 N–H and O–H groups in total. The van der Waals surface area contributed by atoms with Crippen LogP contribution in [0.2, 0.25) is 0 Å². The third-order valence-electron chi connectivity index (χ3n) is 4.48. The maximum atomic E-state index is 3.60. The fourth-order valence-corrected chi connectivity index (χ4v) is 4.26. The van der Waals surface area contributed by atoms with Crippen molar-refractivity contribution in [3.05, 3.63) is 63.6 Å². The van der Waals surface area contributed by atoms with Crippen LogP contribution in [0.25, 0.3) is 5.57 Å². The van der Waals surface area contributed by atoms with Crippen molar-refractivity contribution in [1.29, 1.82) is 0 Å². The Bertz CT molecular complexity index is 676. The molecule has 0 fully saturated rings. The maximum Gasteiger partial charge on any atom is 0.0329 e. The maximum absolute atomic E-state index is 3.60. The molecule has 0 nitrogen and oxygen atoms in total. The summed E-state index contributed by atoms with van der Waals surface area (Å²) in [6.07, 6.45) is 5.95. The van der Waals surface area contributed by atoms with Crippen molar-refractivity contribution >= 4 is 17.3 Å². The van der Waals surface area contributed by atoms with Gasteiger partial charge in [0.1, 0.15) is 0 Å². The molecule has 1 unspecified atom stereocenters. The lowest BCUT2D eigenvalue weighted by molar-refractivity contribution is 0.590. The van der Waals surface area contributed by atoms with Gasteiger partial charge >= 0.3 is 0 Å². The fraction of sp³-hybridized carbons (Fsp3) is 0.429. The van der Waals surface area contributed by atoms with Crippen LogP contribution in [0.5, 0.6) is 0 Å². The number of hydrogen-bond donors (Lipinski definition) is 0. The number of benzene rings is 1. The first kappa shape index (κ1) is 15.7. The van der Waals surface area contributed by atoms with Crippen LogP contribution < -0.4 is 0 Å². The van der Waals surface area contributed by atoms with E-state index in [0.717, 1.165) is 0 Å². The predicted octanol–water partition coefficient (Wildman–Crippen LogP) is 6.16. The van der Waals surface area contributed by atoms with Crippen LogP contribution in [0.1, 0.15) is 52.7 Å². The normalized spacial score (nSPS) is 21.3. The largest absolute Gasteiger partial charge is 0.117 e. The highest BCUT2D eigenvalue weighted by atomic mass is 32.2. The molecule has 1 aliphatic heterocycles. The molecule has 1 aromatic carbocycles. The SMILES string of the molecule is CC(C)C1=CC2=C(c3ccc(C(C)(C)C)cc3)C(C)SC2=[C]1. The lowest BCUT2D eigenvalue weighted by Crippen LogP contribution is -2.10. The van der Waals surface area contributed by atoms with E-state index in [1.165, 1.54) is 32.8 Å². The van der Waals surface area contributed by atoms with E-state index in [2.05, 4.69) is 78.0 Å². The molecule has 115 valence electrons. The van der Waals surface area contributed by atoms with Gasteiger partial charge in [0, 0.05) is 16.2 Å². The molecule has 1 atom stereocenters. The van der Waals surface area contributed by atoms with E-state index in [4.69, 9.17) is 0 Å². The molecule has 1 heterocycles. The van der Waals surface area contributed by atoms with Crippen LogP contribution in [0.3, 0.4) is 0 Å². The van der Waals surface area contributed by atoms with Gasteiger partial charge in [-0.2, -0.15) is 0 Å². The first-order valence-electron chi connectivity index (χ1n) is 8.15. The van der Waals surface area contributed by atoms with Crippen molar-refractivity contribution in [2.24, 2.45) is 5.92 Å². The van der Waals surface area contributed by atoms with Crippen molar-refractivity contribution in [1.82, 2.24) is 0 Å². The topological polar surface area (TPSA) is 0 Å². The van der Waals surface area contributed by atoms with Crippen molar-refractivity contribution < 1.29 is 0 Å². The molecule has 0 amide bonds. The van der Waals surface area contributed by atoms with Crippen molar-refractivity contribution in [3.8, 4) is 0 Å². The molecule has 0 bridgehead atoms. The van der Waals surface area contributed by atoms with Crippen LogP contribution in [0.15, 0.2) is 46.4 Å². The summed E-state index contributed by atoms with van der Waals surface area (Å²) in [5, 5.41) is 0.517. The average molecular weight is 309 g/mol. The molecule has 1 aliphatic carbocycles. The minimum atomic E-state index is 0.212. The Hall–Kier alpha value is -1.21. The third-order valence-corrected chi connectivity index (χ3v) is 5.62. The summed E-state index contributed by atoms with van der Waals surface area (Å²) in [7, 11) is 0. The minimum Gasteiger partial charge on any atom is -0.117 e. The third kappa shape index (κ3) is 2.72. The van der Waals surface area contributed by atoms with E-state index >= 15 is 0 Å². The molecule has 1 heteroatoms. The van der Waals surface area contributed by atoms with Gasteiger partial charge in [0.2, 0.25) is 0 Å². The summed E-state index contributed by atoms with van der Waals surface area (Å²) < 4.78 is 0.